The zero-order chi connectivity index (χ0) is 10.1. The molecule has 0 rings (SSSR count). The number of hydrogen-bond donors (Lipinski definition) is 1. The molecule has 2 amide bonds. The quantitative estimate of drug-likeness (QED) is 0.298. The van der Waals surface area contributed by atoms with Crippen molar-refractivity contribution in [3.05, 3.63) is 10.4 Å². The maximum Gasteiger partial charge on any atom is 0.316 e. The van der Waals surface area contributed by atoms with Crippen molar-refractivity contribution in [3.8, 4) is 0 Å². The standard InChI is InChI=1S/C7H15N5O/c1-12(2)7(13)9-5-3-4-6-10-11-8/h3-6H2,1-2H3,(H,9,13). The van der Waals surface area contributed by atoms with Crippen LogP contribution in [-0.2, 0) is 0 Å². The lowest BCUT2D eigenvalue weighted by Gasteiger charge is -2.11. The van der Waals surface area contributed by atoms with Gasteiger partial charge in [0, 0.05) is 32.1 Å². The highest BCUT2D eigenvalue weighted by atomic mass is 16.2. The van der Waals surface area contributed by atoms with Gasteiger partial charge in [-0.1, -0.05) is 5.11 Å². The third-order valence-corrected chi connectivity index (χ3v) is 1.43. The van der Waals surface area contributed by atoms with Crippen molar-refractivity contribution in [3.63, 3.8) is 0 Å². The van der Waals surface area contributed by atoms with Crippen LogP contribution in [0.3, 0.4) is 0 Å². The third kappa shape index (κ3) is 6.96. The molecule has 0 bridgehead atoms. The maximum atomic E-state index is 11.0. The molecule has 0 aromatic rings. The summed E-state index contributed by atoms with van der Waals surface area (Å²) in [6, 6.07) is -0.0937. The van der Waals surface area contributed by atoms with E-state index in [1.165, 1.54) is 4.90 Å². The first kappa shape index (κ1) is 11.6. The van der Waals surface area contributed by atoms with Crippen LogP contribution in [0.25, 0.3) is 10.4 Å². The van der Waals surface area contributed by atoms with E-state index in [2.05, 4.69) is 15.3 Å². The topological polar surface area (TPSA) is 81.1 Å². The number of hydrogen-bond acceptors (Lipinski definition) is 2. The van der Waals surface area contributed by atoms with E-state index >= 15 is 0 Å². The SMILES string of the molecule is CN(C)C(=O)NCCCCN=[N+]=[N-]. The van der Waals surface area contributed by atoms with Crippen molar-refractivity contribution >= 4 is 6.03 Å². The summed E-state index contributed by atoms with van der Waals surface area (Å²) in [6.45, 7) is 1.12. The highest BCUT2D eigenvalue weighted by Gasteiger charge is 1.99. The van der Waals surface area contributed by atoms with Crippen LogP contribution in [0, 0.1) is 0 Å². The molecule has 0 heterocycles. The lowest BCUT2D eigenvalue weighted by Crippen LogP contribution is -2.34. The zero-order valence-electron chi connectivity index (χ0n) is 8.03. The fourth-order valence-electron chi connectivity index (χ4n) is 0.706. The predicted octanol–water partition coefficient (Wildman–Crippen LogP) is 1.35. The molecule has 74 valence electrons. The average Bonchev–Trinajstić information content (AvgIpc) is 2.10. The number of unbranched alkanes of at least 4 members (excludes halogenated alkanes) is 1. The Hall–Kier alpha value is -1.42. The van der Waals surface area contributed by atoms with Gasteiger partial charge in [-0.05, 0) is 18.4 Å². The molecule has 0 saturated heterocycles. The Bertz CT molecular complexity index is 197. The normalized spacial score (nSPS) is 8.77. The van der Waals surface area contributed by atoms with Gasteiger partial charge in [-0.2, -0.15) is 0 Å². The summed E-state index contributed by atoms with van der Waals surface area (Å²) in [5.41, 5.74) is 7.97. The number of carbonyl (C=O) groups excluding carboxylic acids is 1. The van der Waals surface area contributed by atoms with Crippen molar-refractivity contribution in [2.75, 3.05) is 27.2 Å². The predicted molar refractivity (Wildman–Crippen MR) is 50.3 cm³/mol. The van der Waals surface area contributed by atoms with Crippen molar-refractivity contribution in [1.82, 2.24) is 10.2 Å². The molecule has 6 nitrogen and oxygen atoms in total. The Labute approximate surface area is 77.5 Å². The highest BCUT2D eigenvalue weighted by molar-refractivity contribution is 5.73. The van der Waals surface area contributed by atoms with E-state index in [0.717, 1.165) is 12.8 Å². The Balaban J connectivity index is 3.25. The number of nitrogens with zero attached hydrogens (tertiary/aromatic N) is 4. The summed E-state index contributed by atoms with van der Waals surface area (Å²) >= 11 is 0. The Kier molecular flexibility index (Phi) is 6.45. The first-order valence-electron chi connectivity index (χ1n) is 4.14. The van der Waals surface area contributed by atoms with Gasteiger partial charge in [0.25, 0.3) is 0 Å². The Morgan fingerprint density at radius 1 is 1.54 bits per heavy atom. The van der Waals surface area contributed by atoms with Crippen LogP contribution in [0.5, 0.6) is 0 Å². The van der Waals surface area contributed by atoms with Crippen LogP contribution in [-0.4, -0.2) is 38.1 Å². The first-order valence-corrected chi connectivity index (χ1v) is 4.14. The van der Waals surface area contributed by atoms with Crippen molar-refractivity contribution in [2.24, 2.45) is 5.11 Å². The van der Waals surface area contributed by atoms with E-state index in [4.69, 9.17) is 5.53 Å². The molecule has 1 N–H and O–H groups in total. The summed E-state index contributed by atoms with van der Waals surface area (Å²) in [6.07, 6.45) is 1.64. The molecular weight excluding hydrogens is 170 g/mol. The molecule has 0 aromatic carbocycles. The number of rotatable bonds is 5. The van der Waals surface area contributed by atoms with Gasteiger partial charge in [0.05, 0.1) is 0 Å². The minimum absolute atomic E-state index is 0.0937. The van der Waals surface area contributed by atoms with Gasteiger partial charge in [0.1, 0.15) is 0 Å². The van der Waals surface area contributed by atoms with Gasteiger partial charge < -0.3 is 10.2 Å². The van der Waals surface area contributed by atoms with Gasteiger partial charge in [-0.3, -0.25) is 0 Å². The molecule has 13 heavy (non-hydrogen) atoms. The fourth-order valence-corrected chi connectivity index (χ4v) is 0.706. The van der Waals surface area contributed by atoms with Gasteiger partial charge in [-0.25, -0.2) is 4.79 Å². The summed E-state index contributed by atoms with van der Waals surface area (Å²) in [5.74, 6) is 0. The smallest absolute Gasteiger partial charge is 0.316 e. The number of azide groups is 1. The molecule has 0 aliphatic heterocycles. The third-order valence-electron chi connectivity index (χ3n) is 1.43. The zero-order valence-corrected chi connectivity index (χ0v) is 8.03. The molecule has 0 aliphatic carbocycles. The van der Waals surface area contributed by atoms with Crippen molar-refractivity contribution in [1.29, 1.82) is 0 Å². The number of carbonyl (C=O) groups is 1. The van der Waals surface area contributed by atoms with Crippen LogP contribution in [0.1, 0.15) is 12.8 Å². The fraction of sp³-hybridized carbons (Fsp3) is 0.857. The van der Waals surface area contributed by atoms with Crippen LogP contribution in [0.15, 0.2) is 5.11 Å². The van der Waals surface area contributed by atoms with E-state index in [-0.39, 0.29) is 6.03 Å². The van der Waals surface area contributed by atoms with Crippen LogP contribution in [0.2, 0.25) is 0 Å². The summed E-state index contributed by atoms with van der Waals surface area (Å²) in [4.78, 5) is 15.1. The molecule has 6 heteroatoms. The van der Waals surface area contributed by atoms with Gasteiger partial charge in [-0.15, -0.1) is 0 Å². The number of nitrogens with one attached hydrogen (secondary N) is 1. The second kappa shape index (κ2) is 7.24. The second-order valence-electron chi connectivity index (χ2n) is 2.79. The first-order chi connectivity index (χ1) is 6.18. The van der Waals surface area contributed by atoms with Gasteiger partial charge in [0.2, 0.25) is 0 Å². The minimum atomic E-state index is -0.0937. The molecule has 0 radical (unpaired) electrons. The molecule has 0 spiro atoms. The van der Waals surface area contributed by atoms with E-state index in [0.29, 0.717) is 13.1 Å². The lowest BCUT2D eigenvalue weighted by molar-refractivity contribution is 0.217. The highest BCUT2D eigenvalue weighted by Crippen LogP contribution is 1.88. The molecule has 0 aromatic heterocycles. The van der Waals surface area contributed by atoms with Gasteiger partial charge >= 0.3 is 6.03 Å². The second-order valence-corrected chi connectivity index (χ2v) is 2.79. The average molecular weight is 185 g/mol. The number of urea groups is 1. The van der Waals surface area contributed by atoms with Crippen LogP contribution in [0.4, 0.5) is 4.79 Å². The summed E-state index contributed by atoms with van der Waals surface area (Å²) in [5, 5.41) is 6.09. The van der Waals surface area contributed by atoms with Crippen molar-refractivity contribution in [2.45, 2.75) is 12.8 Å². The monoisotopic (exact) mass is 185 g/mol. The van der Waals surface area contributed by atoms with Crippen molar-refractivity contribution < 1.29 is 4.79 Å². The van der Waals surface area contributed by atoms with E-state index < -0.39 is 0 Å². The Morgan fingerprint density at radius 2 is 2.23 bits per heavy atom. The Morgan fingerprint density at radius 3 is 2.77 bits per heavy atom. The molecule has 0 fully saturated rings. The molecule has 0 aliphatic rings. The van der Waals surface area contributed by atoms with E-state index in [1.807, 2.05) is 0 Å². The lowest BCUT2D eigenvalue weighted by atomic mass is 10.3. The summed E-state index contributed by atoms with van der Waals surface area (Å²) in [7, 11) is 3.38. The summed E-state index contributed by atoms with van der Waals surface area (Å²) < 4.78 is 0. The van der Waals surface area contributed by atoms with E-state index in [9.17, 15) is 4.79 Å². The van der Waals surface area contributed by atoms with E-state index in [1.54, 1.807) is 14.1 Å². The molecule has 0 unspecified atom stereocenters. The molecule has 0 atom stereocenters. The van der Waals surface area contributed by atoms with Gasteiger partial charge in [0.15, 0.2) is 0 Å². The minimum Gasteiger partial charge on any atom is -0.338 e. The molecular formula is C7H15N5O. The molecule has 0 saturated carbocycles. The largest absolute Gasteiger partial charge is 0.338 e. The maximum absolute atomic E-state index is 11.0. The van der Waals surface area contributed by atoms with Crippen LogP contribution < -0.4 is 5.32 Å². The van der Waals surface area contributed by atoms with Crippen LogP contribution >= 0.6 is 0 Å². The number of amides is 2.